The summed E-state index contributed by atoms with van der Waals surface area (Å²) in [5, 5.41) is 8.93. The Morgan fingerprint density at radius 1 is 1.24 bits per heavy atom. The van der Waals surface area contributed by atoms with Crippen LogP contribution in [0, 0.1) is 0 Å². The molecule has 1 aliphatic rings. The second-order valence-electron chi connectivity index (χ2n) is 4.55. The highest BCUT2D eigenvalue weighted by Crippen LogP contribution is 2.28. The van der Waals surface area contributed by atoms with E-state index in [0.717, 1.165) is 37.1 Å². The number of hydrogen-bond acceptors (Lipinski definition) is 3. The lowest BCUT2D eigenvalue weighted by molar-refractivity contribution is 0.299. The number of aliphatic hydroxyl groups excluding tert-OH is 1. The highest BCUT2D eigenvalue weighted by atomic mass is 79.9. The molecule has 0 atom stereocenters. The molecule has 3 nitrogen and oxygen atoms in total. The van der Waals surface area contributed by atoms with Gasteiger partial charge in [0.1, 0.15) is 0 Å². The topological polar surface area (TPSA) is 26.7 Å². The van der Waals surface area contributed by atoms with Crippen molar-refractivity contribution in [2.75, 3.05) is 44.7 Å². The van der Waals surface area contributed by atoms with Gasteiger partial charge in [0.2, 0.25) is 0 Å². The van der Waals surface area contributed by atoms with E-state index in [2.05, 4.69) is 51.0 Å². The molecule has 1 heterocycles. The Morgan fingerprint density at radius 2 is 1.94 bits per heavy atom. The Kier molecular flexibility index (Phi) is 4.42. The summed E-state index contributed by atoms with van der Waals surface area (Å²) in [6.45, 7) is 4.60. The summed E-state index contributed by atoms with van der Waals surface area (Å²) < 4.78 is 1.13. The zero-order valence-corrected chi connectivity index (χ0v) is 11.8. The molecule has 0 aromatic heterocycles. The van der Waals surface area contributed by atoms with Crippen LogP contribution in [0.25, 0.3) is 0 Å². The smallest absolute Gasteiger partial charge is 0.0511 e. The fraction of sp³-hybridized carbons (Fsp3) is 0.538. The summed E-state index contributed by atoms with van der Waals surface area (Å²) in [6, 6.07) is 6.37. The van der Waals surface area contributed by atoms with Crippen LogP contribution >= 0.6 is 15.9 Å². The van der Waals surface area contributed by atoms with E-state index in [1.807, 2.05) is 0 Å². The van der Waals surface area contributed by atoms with E-state index in [0.29, 0.717) is 0 Å². The molecule has 0 amide bonds. The van der Waals surface area contributed by atoms with Crippen LogP contribution in [0.4, 0.5) is 5.69 Å². The first kappa shape index (κ1) is 12.9. The van der Waals surface area contributed by atoms with Crippen molar-refractivity contribution in [3.63, 3.8) is 0 Å². The molecule has 1 aromatic carbocycles. The van der Waals surface area contributed by atoms with Gasteiger partial charge in [0.25, 0.3) is 0 Å². The first-order chi connectivity index (χ1) is 8.20. The van der Waals surface area contributed by atoms with Crippen molar-refractivity contribution >= 4 is 21.6 Å². The molecule has 1 N–H and O–H groups in total. The van der Waals surface area contributed by atoms with Crippen LogP contribution in [0.3, 0.4) is 0 Å². The van der Waals surface area contributed by atoms with Crippen molar-refractivity contribution in [2.24, 2.45) is 0 Å². The second kappa shape index (κ2) is 5.85. The van der Waals surface area contributed by atoms with E-state index in [1.54, 1.807) is 0 Å². The number of piperazine rings is 1. The number of anilines is 1. The van der Waals surface area contributed by atoms with Gasteiger partial charge in [-0.1, -0.05) is 6.07 Å². The zero-order valence-electron chi connectivity index (χ0n) is 10.2. The van der Waals surface area contributed by atoms with E-state index in [4.69, 9.17) is 5.11 Å². The normalized spacial score (nSPS) is 17.5. The highest BCUT2D eigenvalue weighted by molar-refractivity contribution is 9.10. The maximum Gasteiger partial charge on any atom is 0.0511 e. The van der Waals surface area contributed by atoms with E-state index < -0.39 is 0 Å². The molecule has 94 valence electrons. The number of likely N-dealkylation sites (N-methyl/N-ethyl adjacent to an activating group) is 1. The van der Waals surface area contributed by atoms with Crippen LogP contribution < -0.4 is 4.90 Å². The van der Waals surface area contributed by atoms with Crippen LogP contribution in [0.1, 0.15) is 5.56 Å². The molecule has 1 aliphatic heterocycles. The average molecular weight is 299 g/mol. The number of benzene rings is 1. The highest BCUT2D eigenvalue weighted by Gasteiger charge is 2.16. The fourth-order valence-corrected chi connectivity index (χ4v) is 2.82. The monoisotopic (exact) mass is 298 g/mol. The molecular formula is C13H19BrN2O. The third kappa shape index (κ3) is 3.21. The molecule has 2 rings (SSSR count). The number of aliphatic hydroxyl groups is 1. The molecule has 4 heteroatoms. The minimum absolute atomic E-state index is 0.209. The van der Waals surface area contributed by atoms with Crippen molar-refractivity contribution in [3.8, 4) is 0 Å². The summed E-state index contributed by atoms with van der Waals surface area (Å²) in [4.78, 5) is 4.76. The first-order valence-electron chi connectivity index (χ1n) is 6.03. The lowest BCUT2D eigenvalue weighted by Gasteiger charge is -2.34. The Balaban J connectivity index is 2.10. The predicted octanol–water partition coefficient (Wildman–Crippen LogP) is 1.74. The van der Waals surface area contributed by atoms with Crippen molar-refractivity contribution in [1.29, 1.82) is 0 Å². The van der Waals surface area contributed by atoms with E-state index in [9.17, 15) is 0 Å². The van der Waals surface area contributed by atoms with E-state index >= 15 is 0 Å². The van der Waals surface area contributed by atoms with Gasteiger partial charge >= 0.3 is 0 Å². The quantitative estimate of drug-likeness (QED) is 0.921. The summed E-state index contributed by atoms with van der Waals surface area (Å²) >= 11 is 3.63. The van der Waals surface area contributed by atoms with Crippen LogP contribution in [0.15, 0.2) is 22.7 Å². The van der Waals surface area contributed by atoms with Gasteiger partial charge in [0.05, 0.1) is 5.69 Å². The van der Waals surface area contributed by atoms with Crippen molar-refractivity contribution in [1.82, 2.24) is 4.90 Å². The van der Waals surface area contributed by atoms with Gasteiger partial charge in [-0.15, -0.1) is 0 Å². The molecule has 0 unspecified atom stereocenters. The first-order valence-corrected chi connectivity index (χ1v) is 6.83. The second-order valence-corrected chi connectivity index (χ2v) is 5.40. The van der Waals surface area contributed by atoms with Gasteiger partial charge in [-0.05, 0) is 47.1 Å². The van der Waals surface area contributed by atoms with Crippen LogP contribution in [-0.4, -0.2) is 49.8 Å². The summed E-state index contributed by atoms with van der Waals surface area (Å²) in [5.74, 6) is 0. The maximum atomic E-state index is 8.93. The van der Waals surface area contributed by atoms with Crippen molar-refractivity contribution < 1.29 is 5.11 Å². The van der Waals surface area contributed by atoms with Gasteiger partial charge in [-0.25, -0.2) is 0 Å². The van der Waals surface area contributed by atoms with Crippen LogP contribution in [0.2, 0.25) is 0 Å². The number of hydrogen-bond donors (Lipinski definition) is 1. The number of nitrogens with zero attached hydrogens (tertiary/aromatic N) is 2. The molecule has 1 saturated heterocycles. The number of rotatable bonds is 3. The van der Waals surface area contributed by atoms with Crippen molar-refractivity contribution in [2.45, 2.75) is 6.42 Å². The molecule has 0 radical (unpaired) electrons. The zero-order chi connectivity index (χ0) is 12.3. The Hall–Kier alpha value is -0.580. The Bertz CT molecular complexity index is 376. The van der Waals surface area contributed by atoms with E-state index in [1.165, 1.54) is 11.3 Å². The molecule has 1 aromatic rings. The lowest BCUT2D eigenvalue weighted by atomic mass is 10.1. The Labute approximate surface area is 111 Å². The van der Waals surface area contributed by atoms with Crippen LogP contribution in [0.5, 0.6) is 0 Å². The molecule has 0 saturated carbocycles. The largest absolute Gasteiger partial charge is 0.396 e. The third-order valence-electron chi connectivity index (χ3n) is 3.26. The minimum atomic E-state index is 0.209. The standard InChI is InChI=1S/C13H19BrN2O/c1-15-5-7-16(8-6-15)13-3-2-11(4-9-17)10-12(13)14/h2-3,10,17H,4-9H2,1H3. The molecule has 0 bridgehead atoms. The minimum Gasteiger partial charge on any atom is -0.396 e. The molecule has 1 fully saturated rings. The summed E-state index contributed by atoms with van der Waals surface area (Å²) in [6.07, 6.45) is 0.724. The average Bonchev–Trinajstić information content (AvgIpc) is 2.31. The van der Waals surface area contributed by atoms with Gasteiger partial charge < -0.3 is 14.9 Å². The summed E-state index contributed by atoms with van der Waals surface area (Å²) in [7, 11) is 2.16. The maximum absolute atomic E-state index is 8.93. The third-order valence-corrected chi connectivity index (χ3v) is 3.89. The predicted molar refractivity (Wildman–Crippen MR) is 74.6 cm³/mol. The molecule has 17 heavy (non-hydrogen) atoms. The SMILES string of the molecule is CN1CCN(c2ccc(CCO)cc2Br)CC1. The van der Waals surface area contributed by atoms with Gasteiger partial charge in [0.15, 0.2) is 0 Å². The van der Waals surface area contributed by atoms with Crippen LogP contribution in [-0.2, 0) is 6.42 Å². The number of halogens is 1. The van der Waals surface area contributed by atoms with E-state index in [-0.39, 0.29) is 6.61 Å². The van der Waals surface area contributed by atoms with Gasteiger partial charge in [-0.2, -0.15) is 0 Å². The Morgan fingerprint density at radius 3 is 2.53 bits per heavy atom. The lowest BCUT2D eigenvalue weighted by Crippen LogP contribution is -2.44. The van der Waals surface area contributed by atoms with Gasteiger partial charge in [-0.3, -0.25) is 0 Å². The molecule has 0 spiro atoms. The fourth-order valence-electron chi connectivity index (χ4n) is 2.14. The molecule has 0 aliphatic carbocycles. The van der Waals surface area contributed by atoms with Gasteiger partial charge in [0, 0.05) is 37.3 Å². The summed E-state index contributed by atoms with van der Waals surface area (Å²) in [5.41, 5.74) is 2.44. The molecular weight excluding hydrogens is 280 g/mol. The van der Waals surface area contributed by atoms with Crippen molar-refractivity contribution in [3.05, 3.63) is 28.2 Å².